The van der Waals surface area contributed by atoms with E-state index in [0.29, 0.717) is 12.8 Å². The fourth-order valence-electron chi connectivity index (χ4n) is 4.73. The van der Waals surface area contributed by atoms with E-state index in [9.17, 15) is 60.0 Å². The molecule has 208 valence electrons. The minimum Gasteiger partial charge on any atom is -0.481 e. The minimum absolute atomic E-state index is 0.214. The minimum atomic E-state index is -3.56. The first-order valence-corrected chi connectivity index (χ1v) is 11.6. The molecular weight excluding hydrogens is 488 g/mol. The molecule has 1 saturated heterocycles. The van der Waals surface area contributed by atoms with Crippen molar-refractivity contribution in [3.8, 4) is 0 Å². The normalized spacial score (nSPS) is 32.2. The number of aliphatic hydroxyl groups excluding tert-OH is 1. The maximum Gasteiger partial charge on any atom is 0.306 e. The van der Waals surface area contributed by atoms with Gasteiger partial charge in [0.15, 0.2) is 11.9 Å². The van der Waals surface area contributed by atoms with Gasteiger partial charge in [-0.25, -0.2) is 0 Å². The summed E-state index contributed by atoms with van der Waals surface area (Å²) in [6, 6.07) is 0. The van der Waals surface area contributed by atoms with Crippen LogP contribution in [-0.4, -0.2) is 107 Å². The Morgan fingerprint density at radius 1 is 0.722 bits per heavy atom. The lowest BCUT2D eigenvalue weighted by atomic mass is 9.56. The number of hydrogen-bond acceptors (Lipinski definition) is 10. The zero-order valence-electron chi connectivity index (χ0n) is 20.1. The Labute approximate surface area is 207 Å². The van der Waals surface area contributed by atoms with Crippen LogP contribution in [0.5, 0.6) is 0 Å². The van der Waals surface area contributed by atoms with Gasteiger partial charge >= 0.3 is 23.9 Å². The van der Waals surface area contributed by atoms with Gasteiger partial charge in [-0.1, -0.05) is 39.0 Å². The Hall–Kier alpha value is -2.36. The smallest absolute Gasteiger partial charge is 0.306 e. The lowest BCUT2D eigenvalue weighted by Crippen LogP contribution is -2.85. The van der Waals surface area contributed by atoms with Crippen LogP contribution in [0.3, 0.4) is 0 Å². The summed E-state index contributed by atoms with van der Waals surface area (Å²) in [5.74, 6) is -7.34. The van der Waals surface area contributed by atoms with Gasteiger partial charge in [-0.2, -0.15) is 0 Å². The highest BCUT2D eigenvalue weighted by Gasteiger charge is 2.78. The Kier molecular flexibility index (Phi) is 11.2. The molecule has 0 aromatic heterocycles. The first kappa shape index (κ1) is 31.7. The predicted molar refractivity (Wildman–Crippen MR) is 118 cm³/mol. The molecule has 0 unspecified atom stereocenters. The van der Waals surface area contributed by atoms with Crippen molar-refractivity contribution in [2.24, 2.45) is 0 Å². The topological polar surface area (TPSA) is 249 Å². The molecule has 14 heteroatoms. The van der Waals surface area contributed by atoms with Gasteiger partial charge in [0.1, 0.15) is 16.8 Å². The molecule has 1 rings (SSSR count). The van der Waals surface area contributed by atoms with Crippen LogP contribution >= 0.6 is 0 Å². The van der Waals surface area contributed by atoms with E-state index in [1.165, 1.54) is 0 Å². The van der Waals surface area contributed by atoms with Crippen LogP contribution in [0.2, 0.25) is 0 Å². The van der Waals surface area contributed by atoms with E-state index in [4.69, 9.17) is 9.47 Å². The maximum absolute atomic E-state index is 11.7. The zero-order valence-corrected chi connectivity index (χ0v) is 20.1. The van der Waals surface area contributed by atoms with Crippen LogP contribution in [0.1, 0.15) is 71.1 Å². The molecule has 0 bridgehead atoms. The van der Waals surface area contributed by atoms with Gasteiger partial charge in [-0.3, -0.25) is 19.2 Å². The molecule has 0 spiro atoms. The highest BCUT2D eigenvalue weighted by Crippen LogP contribution is 2.55. The number of carboxylic acids is 4. The third-order valence-electron chi connectivity index (χ3n) is 6.57. The van der Waals surface area contributed by atoms with Gasteiger partial charge in [-0.15, -0.1) is 0 Å². The van der Waals surface area contributed by atoms with Crippen LogP contribution in [0.25, 0.3) is 0 Å². The molecule has 1 aliphatic heterocycles. The van der Waals surface area contributed by atoms with Gasteiger partial charge in [0.25, 0.3) is 0 Å². The van der Waals surface area contributed by atoms with Crippen LogP contribution in [-0.2, 0) is 28.7 Å². The monoisotopic (exact) mass is 524 g/mol. The second-order valence-corrected chi connectivity index (χ2v) is 9.17. The van der Waals surface area contributed by atoms with Crippen LogP contribution in [0.4, 0.5) is 0 Å². The third-order valence-corrected chi connectivity index (χ3v) is 6.57. The van der Waals surface area contributed by atoms with Crippen LogP contribution in [0.15, 0.2) is 0 Å². The Morgan fingerprint density at radius 3 is 1.67 bits per heavy atom. The second-order valence-electron chi connectivity index (χ2n) is 9.17. The largest absolute Gasteiger partial charge is 0.481 e. The molecule has 36 heavy (non-hydrogen) atoms. The van der Waals surface area contributed by atoms with E-state index in [-0.39, 0.29) is 6.61 Å². The van der Waals surface area contributed by atoms with Gasteiger partial charge < -0.3 is 50.3 Å². The van der Waals surface area contributed by atoms with Gasteiger partial charge in [0, 0.05) is 6.61 Å². The van der Waals surface area contributed by atoms with Crippen LogP contribution < -0.4 is 0 Å². The van der Waals surface area contributed by atoms with Crippen molar-refractivity contribution in [3.05, 3.63) is 0 Å². The summed E-state index contributed by atoms with van der Waals surface area (Å²) < 4.78 is 10.9. The SMILES string of the molecule is CCCCCCCCO[C@@H]1O[C@@](CO)(CC(=O)O)[C@](O)(CC(=O)O)[C@@](O)(CC(=O)O)[C@]1(O)CC(=O)O. The molecule has 1 aliphatic rings. The molecule has 0 aliphatic carbocycles. The molecule has 0 radical (unpaired) electrons. The fraction of sp³-hybridized carbons (Fsp3) is 0.818. The number of unbranched alkanes of at least 4 members (excludes halogenated alkanes) is 5. The highest BCUT2D eigenvalue weighted by molar-refractivity contribution is 5.75. The summed E-state index contributed by atoms with van der Waals surface area (Å²) in [6.45, 7) is 0.361. The summed E-state index contributed by atoms with van der Waals surface area (Å²) in [7, 11) is 0. The van der Waals surface area contributed by atoms with Crippen molar-refractivity contribution in [1.82, 2.24) is 0 Å². The highest BCUT2D eigenvalue weighted by atomic mass is 16.7. The van der Waals surface area contributed by atoms with Gasteiger partial charge in [0.05, 0.1) is 32.3 Å². The standard InChI is InChI=1S/C22H36O14/c1-2-3-4-5-6-7-8-35-18-20(32,10-15(26)27)22(34,12-17(30)31)21(33,11-16(28)29)19(13-23,36-18)9-14(24)25/h18,23,32-34H,2-13H2,1H3,(H,24,25)(H,26,27)(H,28,29)(H,30,31)/t18-,19-,20+,21-,22-/m1/s1. The van der Waals surface area contributed by atoms with E-state index >= 15 is 0 Å². The lowest BCUT2D eigenvalue weighted by molar-refractivity contribution is -0.431. The van der Waals surface area contributed by atoms with Gasteiger partial charge in [-0.05, 0) is 6.42 Å². The van der Waals surface area contributed by atoms with Crippen molar-refractivity contribution in [2.75, 3.05) is 13.2 Å². The molecule has 0 saturated carbocycles. The van der Waals surface area contributed by atoms with E-state index in [0.717, 1.165) is 25.7 Å². The Morgan fingerprint density at radius 2 is 1.19 bits per heavy atom. The first-order chi connectivity index (χ1) is 16.6. The maximum atomic E-state index is 11.7. The number of aliphatic carboxylic acids is 4. The molecular formula is C22H36O14. The van der Waals surface area contributed by atoms with Crippen LogP contribution in [0, 0.1) is 0 Å². The Bertz CT molecular complexity index is 802. The number of rotatable bonds is 17. The van der Waals surface area contributed by atoms with Gasteiger partial charge in [0.2, 0.25) is 0 Å². The summed E-state index contributed by atoms with van der Waals surface area (Å²) in [5, 5.41) is 82.3. The molecule has 14 nitrogen and oxygen atoms in total. The molecule has 1 fully saturated rings. The molecule has 0 amide bonds. The molecule has 1 heterocycles. The second kappa shape index (κ2) is 12.7. The van der Waals surface area contributed by atoms with Crippen molar-refractivity contribution >= 4 is 23.9 Å². The molecule has 8 N–H and O–H groups in total. The fourth-order valence-corrected chi connectivity index (χ4v) is 4.73. The number of carboxylic acid groups (broad SMARTS) is 4. The average molecular weight is 525 g/mol. The van der Waals surface area contributed by atoms with E-state index in [2.05, 4.69) is 0 Å². The summed E-state index contributed by atoms with van der Waals surface area (Å²) in [5.41, 5.74) is -13.2. The van der Waals surface area contributed by atoms with E-state index < -0.39 is 84.9 Å². The van der Waals surface area contributed by atoms with Crippen molar-refractivity contribution in [1.29, 1.82) is 0 Å². The Balaban J connectivity index is 3.64. The summed E-state index contributed by atoms with van der Waals surface area (Å²) in [6.07, 6.45) is -3.57. The number of aliphatic hydroxyl groups is 4. The van der Waals surface area contributed by atoms with E-state index in [1.54, 1.807) is 0 Å². The lowest BCUT2D eigenvalue weighted by Gasteiger charge is -2.63. The number of hydrogen-bond donors (Lipinski definition) is 8. The zero-order chi connectivity index (χ0) is 27.8. The molecule has 5 atom stereocenters. The van der Waals surface area contributed by atoms with E-state index in [1.807, 2.05) is 6.92 Å². The molecule has 0 aromatic carbocycles. The third kappa shape index (κ3) is 6.49. The first-order valence-electron chi connectivity index (χ1n) is 11.6. The number of carbonyl (C=O) groups is 4. The number of ether oxygens (including phenoxy) is 2. The van der Waals surface area contributed by atoms with Crippen molar-refractivity contribution in [2.45, 2.75) is 99.8 Å². The summed E-state index contributed by atoms with van der Waals surface area (Å²) >= 11 is 0. The van der Waals surface area contributed by atoms with Crippen molar-refractivity contribution < 1.29 is 69.5 Å². The quantitative estimate of drug-likeness (QED) is 0.112. The summed E-state index contributed by atoms with van der Waals surface area (Å²) in [4.78, 5) is 46.6. The average Bonchev–Trinajstić information content (AvgIpc) is 2.73. The van der Waals surface area contributed by atoms with Crippen molar-refractivity contribution in [3.63, 3.8) is 0 Å². The predicted octanol–water partition coefficient (Wildman–Crippen LogP) is -0.457. The molecule has 0 aromatic rings.